The number of ether oxygens (including phenoxy) is 2. The molecule has 20 heavy (non-hydrogen) atoms. The van der Waals surface area contributed by atoms with Crippen molar-refractivity contribution in [1.82, 2.24) is 15.2 Å². The molecule has 0 aliphatic heterocycles. The Morgan fingerprint density at radius 1 is 1.10 bits per heavy atom. The predicted molar refractivity (Wildman–Crippen MR) is 78.2 cm³/mol. The Labute approximate surface area is 120 Å². The van der Waals surface area contributed by atoms with Crippen LogP contribution in [0.25, 0.3) is 22.1 Å². The van der Waals surface area contributed by atoms with Crippen LogP contribution in [-0.4, -0.2) is 29.4 Å². The van der Waals surface area contributed by atoms with Crippen LogP contribution in [0, 0.1) is 0 Å². The number of nitrogens with one attached hydrogen (secondary N) is 1. The number of thiophene rings is 1. The van der Waals surface area contributed by atoms with E-state index in [1.165, 1.54) is 0 Å². The van der Waals surface area contributed by atoms with Gasteiger partial charge in [0.05, 0.1) is 19.1 Å². The highest BCUT2D eigenvalue weighted by atomic mass is 32.1. The van der Waals surface area contributed by atoms with E-state index in [0.717, 1.165) is 16.3 Å². The SMILES string of the molecule is COc1cc(OC)cc(-c2n[nH]c(-c3cccs3)n2)c1. The van der Waals surface area contributed by atoms with E-state index in [9.17, 15) is 0 Å². The van der Waals surface area contributed by atoms with Crippen LogP contribution in [0.15, 0.2) is 35.7 Å². The van der Waals surface area contributed by atoms with Gasteiger partial charge in [-0.3, -0.25) is 5.10 Å². The Morgan fingerprint density at radius 2 is 1.85 bits per heavy atom. The zero-order valence-corrected chi connectivity index (χ0v) is 11.9. The Hall–Kier alpha value is -2.34. The van der Waals surface area contributed by atoms with Gasteiger partial charge in [0.25, 0.3) is 0 Å². The minimum Gasteiger partial charge on any atom is -0.497 e. The standard InChI is InChI=1S/C14H13N3O2S/c1-18-10-6-9(7-11(8-10)19-2)13-15-14(17-16-13)12-4-3-5-20-12/h3-8H,1-2H3,(H,15,16,17). The molecule has 0 fully saturated rings. The highest BCUT2D eigenvalue weighted by Gasteiger charge is 2.11. The van der Waals surface area contributed by atoms with Crippen LogP contribution in [0.4, 0.5) is 0 Å². The first-order valence-corrected chi connectivity index (χ1v) is 6.88. The van der Waals surface area contributed by atoms with Gasteiger partial charge in [-0.2, -0.15) is 5.10 Å². The van der Waals surface area contributed by atoms with Crippen LogP contribution in [0.3, 0.4) is 0 Å². The quantitative estimate of drug-likeness (QED) is 0.800. The van der Waals surface area contributed by atoms with E-state index < -0.39 is 0 Å². The van der Waals surface area contributed by atoms with Gasteiger partial charge in [-0.15, -0.1) is 11.3 Å². The molecule has 2 aromatic heterocycles. The van der Waals surface area contributed by atoms with Crippen molar-refractivity contribution >= 4 is 11.3 Å². The minimum atomic E-state index is 0.616. The molecule has 0 saturated heterocycles. The number of aromatic nitrogens is 3. The number of hydrogen-bond acceptors (Lipinski definition) is 5. The van der Waals surface area contributed by atoms with E-state index >= 15 is 0 Å². The molecule has 1 aromatic carbocycles. The summed E-state index contributed by atoms with van der Waals surface area (Å²) >= 11 is 1.62. The average Bonchev–Trinajstić information content (AvgIpc) is 3.17. The molecule has 1 N–H and O–H groups in total. The highest BCUT2D eigenvalue weighted by molar-refractivity contribution is 7.13. The average molecular weight is 287 g/mol. The third-order valence-electron chi connectivity index (χ3n) is 2.85. The zero-order chi connectivity index (χ0) is 13.9. The fourth-order valence-electron chi connectivity index (χ4n) is 1.85. The maximum atomic E-state index is 5.25. The number of hydrogen-bond donors (Lipinski definition) is 1. The Balaban J connectivity index is 2.00. The number of H-pyrrole nitrogens is 1. The predicted octanol–water partition coefficient (Wildman–Crippen LogP) is 3.22. The summed E-state index contributed by atoms with van der Waals surface area (Å²) in [6.45, 7) is 0. The molecule has 3 aromatic rings. The van der Waals surface area contributed by atoms with Gasteiger partial charge in [0, 0.05) is 11.6 Å². The minimum absolute atomic E-state index is 0.616. The third-order valence-corrected chi connectivity index (χ3v) is 3.73. The van der Waals surface area contributed by atoms with Crippen molar-refractivity contribution < 1.29 is 9.47 Å². The van der Waals surface area contributed by atoms with E-state index in [1.54, 1.807) is 25.6 Å². The van der Waals surface area contributed by atoms with E-state index in [1.807, 2.05) is 35.7 Å². The molecule has 0 amide bonds. The van der Waals surface area contributed by atoms with E-state index in [-0.39, 0.29) is 0 Å². The highest BCUT2D eigenvalue weighted by Crippen LogP contribution is 2.29. The summed E-state index contributed by atoms with van der Waals surface area (Å²) in [6.07, 6.45) is 0. The molecule has 2 heterocycles. The third kappa shape index (κ3) is 2.37. The van der Waals surface area contributed by atoms with Crippen molar-refractivity contribution in [3.63, 3.8) is 0 Å². The molecule has 3 rings (SSSR count). The largest absolute Gasteiger partial charge is 0.497 e. The second-order valence-corrected chi connectivity index (χ2v) is 5.03. The molecule has 0 bridgehead atoms. The number of nitrogens with zero attached hydrogens (tertiary/aromatic N) is 2. The smallest absolute Gasteiger partial charge is 0.181 e. The molecule has 0 aliphatic carbocycles. The molecule has 0 aliphatic rings. The van der Waals surface area contributed by atoms with Crippen molar-refractivity contribution in [3.8, 4) is 33.6 Å². The van der Waals surface area contributed by atoms with Crippen LogP contribution in [-0.2, 0) is 0 Å². The summed E-state index contributed by atoms with van der Waals surface area (Å²) in [5.74, 6) is 2.80. The Bertz CT molecular complexity index is 685. The molecule has 0 saturated carbocycles. The summed E-state index contributed by atoms with van der Waals surface area (Å²) < 4.78 is 10.5. The number of rotatable bonds is 4. The fraction of sp³-hybridized carbons (Fsp3) is 0.143. The molecule has 0 spiro atoms. The second kappa shape index (κ2) is 5.34. The summed E-state index contributed by atoms with van der Waals surface area (Å²) in [5, 5.41) is 9.21. The van der Waals surface area contributed by atoms with Crippen molar-refractivity contribution in [2.45, 2.75) is 0 Å². The van der Waals surface area contributed by atoms with Crippen LogP contribution in [0.2, 0.25) is 0 Å². The maximum absolute atomic E-state index is 5.25. The fourth-order valence-corrected chi connectivity index (χ4v) is 2.51. The van der Waals surface area contributed by atoms with Crippen LogP contribution >= 0.6 is 11.3 Å². The van der Waals surface area contributed by atoms with Crippen LogP contribution in [0.5, 0.6) is 11.5 Å². The lowest BCUT2D eigenvalue weighted by atomic mass is 10.2. The lowest BCUT2D eigenvalue weighted by Gasteiger charge is -2.05. The molecule has 0 radical (unpaired) electrons. The lowest BCUT2D eigenvalue weighted by molar-refractivity contribution is 0.394. The van der Waals surface area contributed by atoms with Gasteiger partial charge >= 0.3 is 0 Å². The summed E-state index contributed by atoms with van der Waals surface area (Å²) in [7, 11) is 3.24. The maximum Gasteiger partial charge on any atom is 0.181 e. The monoisotopic (exact) mass is 287 g/mol. The van der Waals surface area contributed by atoms with Gasteiger partial charge in [-0.05, 0) is 23.6 Å². The van der Waals surface area contributed by atoms with Crippen molar-refractivity contribution in [1.29, 1.82) is 0 Å². The van der Waals surface area contributed by atoms with Gasteiger partial charge in [0.15, 0.2) is 11.6 Å². The summed E-state index contributed by atoms with van der Waals surface area (Å²) in [5.41, 5.74) is 0.847. The molecule has 0 atom stereocenters. The topological polar surface area (TPSA) is 60.0 Å². The van der Waals surface area contributed by atoms with Crippen LogP contribution < -0.4 is 9.47 Å². The second-order valence-electron chi connectivity index (χ2n) is 4.09. The van der Waals surface area contributed by atoms with Crippen molar-refractivity contribution in [2.75, 3.05) is 14.2 Å². The number of benzene rings is 1. The molecule has 102 valence electrons. The first kappa shape index (κ1) is 12.7. The molecular formula is C14H13N3O2S. The lowest BCUT2D eigenvalue weighted by Crippen LogP contribution is -1.89. The van der Waals surface area contributed by atoms with Gasteiger partial charge in [-0.1, -0.05) is 6.07 Å². The molecule has 0 unspecified atom stereocenters. The van der Waals surface area contributed by atoms with Crippen molar-refractivity contribution in [2.24, 2.45) is 0 Å². The molecular weight excluding hydrogens is 274 g/mol. The first-order chi connectivity index (χ1) is 9.80. The Morgan fingerprint density at radius 3 is 2.45 bits per heavy atom. The number of aromatic amines is 1. The van der Waals surface area contributed by atoms with Gasteiger partial charge < -0.3 is 9.47 Å². The van der Waals surface area contributed by atoms with E-state index in [4.69, 9.17) is 9.47 Å². The van der Waals surface area contributed by atoms with Gasteiger partial charge in [0.1, 0.15) is 11.5 Å². The normalized spacial score (nSPS) is 10.5. The first-order valence-electron chi connectivity index (χ1n) is 6.00. The van der Waals surface area contributed by atoms with Crippen molar-refractivity contribution in [3.05, 3.63) is 35.7 Å². The van der Waals surface area contributed by atoms with E-state index in [2.05, 4.69) is 15.2 Å². The van der Waals surface area contributed by atoms with Gasteiger partial charge in [0.2, 0.25) is 0 Å². The Kier molecular flexibility index (Phi) is 3.39. The summed E-state index contributed by atoms with van der Waals surface area (Å²) in [4.78, 5) is 5.56. The molecule has 6 heteroatoms. The van der Waals surface area contributed by atoms with Crippen LogP contribution in [0.1, 0.15) is 0 Å². The molecule has 5 nitrogen and oxygen atoms in total. The number of methoxy groups -OCH3 is 2. The summed E-state index contributed by atoms with van der Waals surface area (Å²) in [6, 6.07) is 9.56. The van der Waals surface area contributed by atoms with E-state index in [0.29, 0.717) is 17.3 Å². The zero-order valence-electron chi connectivity index (χ0n) is 11.1. The van der Waals surface area contributed by atoms with Gasteiger partial charge in [-0.25, -0.2) is 4.98 Å².